The van der Waals surface area contributed by atoms with E-state index in [1.807, 2.05) is 0 Å². The van der Waals surface area contributed by atoms with E-state index in [4.69, 9.17) is 54.2 Å². The molecule has 0 radical (unpaired) electrons. The molecule has 32 heavy (non-hydrogen) atoms. The molecule has 0 saturated carbocycles. The van der Waals surface area contributed by atoms with Gasteiger partial charge in [-0.25, -0.2) is 0 Å². The molecule has 15 nitrogen and oxygen atoms in total. The molecule has 0 rings (SSSR count). The van der Waals surface area contributed by atoms with Gasteiger partial charge in [0.1, 0.15) is 24.2 Å². The molecule has 0 aromatic carbocycles. The molecule has 0 aromatic rings. The lowest BCUT2D eigenvalue weighted by molar-refractivity contribution is -0.141. The predicted molar refractivity (Wildman–Crippen MR) is 114 cm³/mol. The summed E-state index contributed by atoms with van der Waals surface area (Å²) in [5.74, 6) is -5.06. The first-order valence-electron chi connectivity index (χ1n) is 9.36. The monoisotopic (exact) mass is 471 g/mol. The Morgan fingerprint density at radius 2 is 0.938 bits per heavy atom. The minimum absolute atomic E-state index is 0.0231. The number of aliphatic carboxylic acids is 5. The molecule has 15 heteroatoms. The summed E-state index contributed by atoms with van der Waals surface area (Å²) in [6.07, 6.45) is 1.94. The summed E-state index contributed by atoms with van der Waals surface area (Å²) in [7, 11) is 0. The highest BCUT2D eigenvalue weighted by Gasteiger charge is 2.12. The van der Waals surface area contributed by atoms with Crippen molar-refractivity contribution < 1.29 is 49.5 Å². The average molecular weight is 472 g/mol. The minimum Gasteiger partial charge on any atom is -0.481 e. The first-order valence-corrected chi connectivity index (χ1v) is 9.36. The average Bonchev–Trinajstić information content (AvgIpc) is 2.67. The Hall–Kier alpha value is -2.85. The van der Waals surface area contributed by atoms with Gasteiger partial charge in [-0.05, 0) is 39.7 Å². The van der Waals surface area contributed by atoms with Gasteiger partial charge >= 0.3 is 29.8 Å². The highest BCUT2D eigenvalue weighted by molar-refractivity contribution is 5.74. The molecule has 0 aliphatic rings. The maximum atomic E-state index is 10.1. The van der Waals surface area contributed by atoms with E-state index in [-0.39, 0.29) is 12.8 Å². The van der Waals surface area contributed by atoms with Gasteiger partial charge in [0, 0.05) is 6.42 Å². The van der Waals surface area contributed by atoms with Gasteiger partial charge in [0.25, 0.3) is 0 Å². The Kier molecular flexibility index (Phi) is 26.1. The molecule has 0 fully saturated rings. The van der Waals surface area contributed by atoms with E-state index >= 15 is 0 Å². The van der Waals surface area contributed by atoms with E-state index in [2.05, 4.69) is 0 Å². The number of unbranched alkanes of at least 4 members (excludes halogenated alkanes) is 1. The van der Waals surface area contributed by atoms with Crippen molar-refractivity contribution in [3.63, 3.8) is 0 Å². The van der Waals surface area contributed by atoms with Crippen molar-refractivity contribution in [1.82, 2.24) is 0 Å². The third kappa shape index (κ3) is 34.6. The number of rotatable bonds is 11. The van der Waals surface area contributed by atoms with E-state index in [1.165, 1.54) is 13.8 Å². The van der Waals surface area contributed by atoms with Crippen LogP contribution < -0.4 is 28.7 Å². The quantitative estimate of drug-likeness (QED) is 0.141. The van der Waals surface area contributed by atoms with Gasteiger partial charge in [-0.15, -0.1) is 0 Å². The van der Waals surface area contributed by atoms with Crippen molar-refractivity contribution in [2.75, 3.05) is 6.54 Å². The van der Waals surface area contributed by atoms with E-state index < -0.39 is 54.0 Å². The fraction of sp³-hybridized carbons (Fsp3) is 0.706. The maximum absolute atomic E-state index is 10.1. The molecule has 0 saturated heterocycles. The summed E-state index contributed by atoms with van der Waals surface area (Å²) in [5, 5.41) is 40.3. The molecule has 0 amide bonds. The van der Waals surface area contributed by atoms with Crippen LogP contribution in [0.15, 0.2) is 0 Å². The summed E-state index contributed by atoms with van der Waals surface area (Å²) in [4.78, 5) is 49.2. The van der Waals surface area contributed by atoms with Gasteiger partial charge in [-0.3, -0.25) is 24.0 Å². The largest absolute Gasteiger partial charge is 0.481 e. The molecular formula is C17H37N5O10. The van der Waals surface area contributed by atoms with Crippen LogP contribution in [0.25, 0.3) is 0 Å². The second-order valence-corrected chi connectivity index (χ2v) is 6.36. The fourth-order valence-corrected chi connectivity index (χ4v) is 1.03. The SMILES string of the molecule is C[C@@H](N)C(=O)O.C[C@@H](N)C(=O)O.NC(CCC(=O)O)C(=O)O.NCCCC[C@H](N)C(=O)O. The number of hydrogen-bond donors (Lipinski definition) is 10. The van der Waals surface area contributed by atoms with Gasteiger partial charge in [-0.2, -0.15) is 0 Å². The van der Waals surface area contributed by atoms with Crippen LogP contribution in [0.2, 0.25) is 0 Å². The molecule has 0 bridgehead atoms. The molecule has 15 N–H and O–H groups in total. The van der Waals surface area contributed by atoms with Crippen LogP contribution in [0.4, 0.5) is 0 Å². The number of carbonyl (C=O) groups is 5. The van der Waals surface area contributed by atoms with E-state index in [9.17, 15) is 24.0 Å². The van der Waals surface area contributed by atoms with Crippen molar-refractivity contribution in [2.45, 2.75) is 70.1 Å². The summed E-state index contributed by atoms with van der Waals surface area (Å²) in [6, 6.07) is -3.24. The fourth-order valence-electron chi connectivity index (χ4n) is 1.03. The molecular weight excluding hydrogens is 434 g/mol. The first-order chi connectivity index (χ1) is 14.5. The normalized spacial score (nSPS) is 13.1. The summed E-state index contributed by atoms with van der Waals surface area (Å²) in [6.45, 7) is 3.44. The zero-order valence-electron chi connectivity index (χ0n) is 18.2. The lowest BCUT2D eigenvalue weighted by Crippen LogP contribution is -2.30. The Labute approximate surface area is 185 Å². The van der Waals surface area contributed by atoms with Crippen LogP contribution in [-0.2, 0) is 24.0 Å². The zero-order chi connectivity index (χ0) is 26.4. The molecule has 1 unspecified atom stereocenters. The second kappa shape index (κ2) is 22.8. The smallest absolute Gasteiger partial charge is 0.320 e. The number of carboxylic acids is 5. The molecule has 4 atom stereocenters. The van der Waals surface area contributed by atoms with Crippen LogP contribution >= 0.6 is 0 Å². The van der Waals surface area contributed by atoms with Crippen molar-refractivity contribution in [3.05, 3.63) is 0 Å². The van der Waals surface area contributed by atoms with Crippen LogP contribution in [-0.4, -0.2) is 86.1 Å². The van der Waals surface area contributed by atoms with Crippen molar-refractivity contribution >= 4 is 29.8 Å². The van der Waals surface area contributed by atoms with Crippen molar-refractivity contribution in [1.29, 1.82) is 0 Å². The third-order valence-electron chi connectivity index (χ3n) is 3.05. The molecule has 190 valence electrons. The lowest BCUT2D eigenvalue weighted by atomic mass is 10.1. The van der Waals surface area contributed by atoms with Gasteiger partial charge in [0.2, 0.25) is 0 Å². The van der Waals surface area contributed by atoms with Gasteiger partial charge in [-0.1, -0.05) is 6.42 Å². The van der Waals surface area contributed by atoms with E-state index in [0.717, 1.165) is 12.8 Å². The van der Waals surface area contributed by atoms with Crippen molar-refractivity contribution in [2.24, 2.45) is 28.7 Å². The second-order valence-electron chi connectivity index (χ2n) is 6.36. The maximum Gasteiger partial charge on any atom is 0.320 e. The molecule has 0 aliphatic heterocycles. The number of carboxylic acid groups (broad SMARTS) is 5. The molecule has 0 aliphatic carbocycles. The Morgan fingerprint density at radius 3 is 1.16 bits per heavy atom. The van der Waals surface area contributed by atoms with E-state index in [1.54, 1.807) is 0 Å². The molecule has 0 spiro atoms. The molecule has 0 heterocycles. The summed E-state index contributed by atoms with van der Waals surface area (Å²) < 4.78 is 0. The first kappa shape index (κ1) is 36.5. The summed E-state index contributed by atoms with van der Waals surface area (Å²) >= 11 is 0. The minimum atomic E-state index is -1.17. The van der Waals surface area contributed by atoms with Crippen molar-refractivity contribution in [3.8, 4) is 0 Å². The van der Waals surface area contributed by atoms with Gasteiger partial charge in [0.15, 0.2) is 0 Å². The van der Waals surface area contributed by atoms with Crippen LogP contribution in [0.5, 0.6) is 0 Å². The highest BCUT2D eigenvalue weighted by atomic mass is 16.4. The van der Waals surface area contributed by atoms with Crippen LogP contribution in [0.3, 0.4) is 0 Å². The third-order valence-corrected chi connectivity index (χ3v) is 3.05. The zero-order valence-corrected chi connectivity index (χ0v) is 18.2. The van der Waals surface area contributed by atoms with Crippen LogP contribution in [0, 0.1) is 0 Å². The number of nitrogens with two attached hydrogens (primary N) is 5. The Morgan fingerprint density at radius 1 is 0.625 bits per heavy atom. The topological polar surface area (TPSA) is 317 Å². The van der Waals surface area contributed by atoms with Gasteiger partial charge < -0.3 is 54.2 Å². The summed E-state index contributed by atoms with van der Waals surface area (Å²) in [5.41, 5.74) is 25.1. The van der Waals surface area contributed by atoms with Crippen LogP contribution in [0.1, 0.15) is 46.0 Å². The predicted octanol–water partition coefficient (Wildman–Crippen LogP) is -2.37. The lowest BCUT2D eigenvalue weighted by Gasteiger charge is -2.03. The number of hydrogen-bond acceptors (Lipinski definition) is 10. The standard InChI is InChI=1S/C6H14N2O2.C5H9NO4.2C3H7NO2/c7-4-2-1-3-5(8)6(9)10;6-3(5(9)10)1-2-4(7)8;2*1-2(4)3(5)6/h5H,1-4,7-8H2,(H,9,10);3H,1-2,6H2,(H,7,8)(H,9,10);2*2H,4H2,1H3,(H,5,6)/t5-;;2*2-/m0.11/s1. The molecule has 0 aromatic heterocycles. The highest BCUT2D eigenvalue weighted by Crippen LogP contribution is 1.97. The van der Waals surface area contributed by atoms with Gasteiger partial charge in [0.05, 0.1) is 0 Å². The Bertz CT molecular complexity index is 540. The van der Waals surface area contributed by atoms with E-state index in [0.29, 0.717) is 13.0 Å². The Balaban J connectivity index is -0.000000168.